The van der Waals surface area contributed by atoms with Crippen molar-refractivity contribution < 1.29 is 35.8 Å². The van der Waals surface area contributed by atoms with E-state index in [1.165, 1.54) is 55.9 Å². The second-order valence-corrected chi connectivity index (χ2v) is 12.0. The zero-order valence-electron chi connectivity index (χ0n) is 21.3. The van der Waals surface area contributed by atoms with Gasteiger partial charge in [-0.05, 0) is 54.1 Å². The van der Waals surface area contributed by atoms with Gasteiger partial charge in [-0.15, -0.1) is 0 Å². The highest BCUT2D eigenvalue weighted by atomic mass is 32.2. The van der Waals surface area contributed by atoms with Crippen molar-refractivity contribution in [3.8, 4) is 17.2 Å². The van der Waals surface area contributed by atoms with Gasteiger partial charge in [-0.25, -0.2) is 21.1 Å². The van der Waals surface area contributed by atoms with E-state index < -0.39 is 26.0 Å². The van der Waals surface area contributed by atoms with Crippen LogP contribution in [-0.2, 0) is 31.4 Å². The molecule has 2 N–H and O–H groups in total. The third-order valence-corrected chi connectivity index (χ3v) is 8.01. The van der Waals surface area contributed by atoms with Crippen LogP contribution in [-0.4, -0.2) is 61.2 Å². The molecule has 0 unspecified atom stereocenters. The van der Waals surface area contributed by atoms with E-state index >= 15 is 0 Å². The lowest BCUT2D eigenvalue weighted by molar-refractivity contribution is -0.118. The van der Waals surface area contributed by atoms with E-state index in [9.17, 15) is 21.6 Å². The van der Waals surface area contributed by atoms with Crippen LogP contribution in [0.2, 0.25) is 0 Å². The zero-order chi connectivity index (χ0) is 27.9. The van der Waals surface area contributed by atoms with Gasteiger partial charge in [0.05, 0.1) is 31.1 Å². The molecule has 0 aromatic heterocycles. The van der Waals surface area contributed by atoms with Gasteiger partial charge in [0.2, 0.25) is 10.0 Å². The van der Waals surface area contributed by atoms with Crippen molar-refractivity contribution in [2.75, 3.05) is 44.2 Å². The van der Waals surface area contributed by atoms with Gasteiger partial charge in [-0.2, -0.15) is 0 Å². The number of benzene rings is 3. The van der Waals surface area contributed by atoms with Gasteiger partial charge in [0.25, 0.3) is 15.9 Å². The van der Waals surface area contributed by atoms with E-state index in [0.717, 1.165) is 11.8 Å². The first-order valence-electron chi connectivity index (χ1n) is 11.2. The highest BCUT2D eigenvalue weighted by Crippen LogP contribution is 2.31. The Kier molecular flexibility index (Phi) is 9.20. The summed E-state index contributed by atoms with van der Waals surface area (Å²) in [5.74, 6) is 0.811. The van der Waals surface area contributed by atoms with Crippen molar-refractivity contribution in [3.05, 3.63) is 72.3 Å². The number of carbonyl (C=O) groups excluding carboxylic acids is 1. The number of nitrogens with one attached hydrogen (secondary N) is 2. The number of methoxy groups -OCH3 is 2. The van der Waals surface area contributed by atoms with Gasteiger partial charge >= 0.3 is 0 Å². The number of hydrogen-bond donors (Lipinski definition) is 2. The summed E-state index contributed by atoms with van der Waals surface area (Å²) in [5, 5.41) is 2.64. The monoisotopic (exact) mass is 563 g/mol. The van der Waals surface area contributed by atoms with Crippen LogP contribution in [0, 0.1) is 0 Å². The molecule has 3 rings (SSSR count). The van der Waals surface area contributed by atoms with Gasteiger partial charge in [0.15, 0.2) is 6.61 Å². The molecule has 0 aliphatic rings. The van der Waals surface area contributed by atoms with Gasteiger partial charge in [-0.1, -0.05) is 12.1 Å². The van der Waals surface area contributed by atoms with Crippen molar-refractivity contribution in [2.45, 2.75) is 11.4 Å². The third-order valence-electron chi connectivity index (χ3n) is 5.37. The third kappa shape index (κ3) is 7.84. The van der Waals surface area contributed by atoms with Crippen LogP contribution < -0.4 is 24.2 Å². The molecule has 0 saturated heterocycles. The summed E-state index contributed by atoms with van der Waals surface area (Å²) < 4.78 is 68.2. The van der Waals surface area contributed by atoms with Crippen LogP contribution in [0.4, 0.5) is 11.4 Å². The van der Waals surface area contributed by atoms with E-state index in [-0.39, 0.29) is 23.7 Å². The van der Waals surface area contributed by atoms with Crippen molar-refractivity contribution >= 4 is 37.3 Å². The average Bonchev–Trinajstić information content (AvgIpc) is 2.88. The molecule has 38 heavy (non-hydrogen) atoms. The average molecular weight is 564 g/mol. The summed E-state index contributed by atoms with van der Waals surface area (Å²) in [7, 11) is -2.81. The first-order valence-corrected chi connectivity index (χ1v) is 14.5. The predicted molar refractivity (Wildman–Crippen MR) is 144 cm³/mol. The molecular formula is C25H29N3O8S2. The number of sulfonamides is 2. The van der Waals surface area contributed by atoms with E-state index in [1.54, 1.807) is 36.4 Å². The molecule has 0 spiro atoms. The molecule has 0 aliphatic carbocycles. The molecule has 204 valence electrons. The molecule has 0 radical (unpaired) electrons. The Bertz CT molecular complexity index is 1470. The summed E-state index contributed by atoms with van der Waals surface area (Å²) in [5.41, 5.74) is 1.40. The van der Waals surface area contributed by atoms with Crippen LogP contribution in [0.25, 0.3) is 0 Å². The number of rotatable bonds is 12. The first kappa shape index (κ1) is 28.8. The fraction of sp³-hybridized carbons (Fsp3) is 0.240. The summed E-state index contributed by atoms with van der Waals surface area (Å²) in [4.78, 5) is 12.3. The van der Waals surface area contributed by atoms with E-state index in [1.807, 2.05) is 0 Å². The number of amides is 1. The van der Waals surface area contributed by atoms with Crippen LogP contribution in [0.3, 0.4) is 0 Å². The minimum Gasteiger partial charge on any atom is -0.497 e. The molecule has 0 saturated carbocycles. The van der Waals surface area contributed by atoms with Gasteiger partial charge in [-0.3, -0.25) is 9.52 Å². The Balaban J connectivity index is 1.55. The standard InChI is InChI=1S/C25H29N3O8S2/c1-28(37(4,30)31)16-18-5-9-20(10-6-18)36-17-25(29)26-19-7-12-22(13-8-19)38(32,33)27-23-14-11-21(34-2)15-24(23)35-3/h5-15,27H,16-17H2,1-4H3,(H,26,29). The predicted octanol–water partition coefficient (Wildman–Crippen LogP) is 2.91. The summed E-state index contributed by atoms with van der Waals surface area (Å²) >= 11 is 0. The lowest BCUT2D eigenvalue weighted by atomic mass is 10.2. The number of ether oxygens (including phenoxy) is 3. The maximum Gasteiger partial charge on any atom is 0.262 e. The number of carbonyl (C=O) groups is 1. The highest BCUT2D eigenvalue weighted by Gasteiger charge is 2.17. The molecule has 13 heteroatoms. The largest absolute Gasteiger partial charge is 0.497 e. The maximum absolute atomic E-state index is 12.8. The number of nitrogens with zero attached hydrogens (tertiary/aromatic N) is 1. The molecule has 0 heterocycles. The molecule has 0 fully saturated rings. The van der Waals surface area contributed by atoms with Crippen molar-refractivity contribution in [2.24, 2.45) is 0 Å². The Morgan fingerprint density at radius 1 is 0.868 bits per heavy atom. The molecule has 0 aliphatic heterocycles. The maximum atomic E-state index is 12.8. The normalized spacial score (nSPS) is 11.6. The fourth-order valence-corrected chi connectivity index (χ4v) is 4.67. The van der Waals surface area contributed by atoms with Crippen LogP contribution >= 0.6 is 0 Å². The quantitative estimate of drug-likeness (QED) is 0.343. The fourth-order valence-electron chi connectivity index (χ4n) is 3.22. The van der Waals surface area contributed by atoms with Gasteiger partial charge in [0, 0.05) is 25.3 Å². The van der Waals surface area contributed by atoms with Crippen LogP contribution in [0.5, 0.6) is 17.2 Å². The van der Waals surface area contributed by atoms with Crippen molar-refractivity contribution in [3.63, 3.8) is 0 Å². The zero-order valence-corrected chi connectivity index (χ0v) is 22.9. The summed E-state index contributed by atoms with van der Waals surface area (Å²) in [6, 6.07) is 17.1. The second-order valence-electron chi connectivity index (χ2n) is 8.20. The Hall–Kier alpha value is -3.81. The van der Waals surface area contributed by atoms with E-state index in [2.05, 4.69) is 10.0 Å². The molecule has 1 amide bonds. The van der Waals surface area contributed by atoms with Crippen LogP contribution in [0.15, 0.2) is 71.6 Å². The van der Waals surface area contributed by atoms with E-state index in [0.29, 0.717) is 22.9 Å². The van der Waals surface area contributed by atoms with Crippen molar-refractivity contribution in [1.29, 1.82) is 0 Å². The Morgan fingerprint density at radius 3 is 2.08 bits per heavy atom. The van der Waals surface area contributed by atoms with Crippen LogP contribution in [0.1, 0.15) is 5.56 Å². The molecule has 0 bridgehead atoms. The molecule has 11 nitrogen and oxygen atoms in total. The molecule has 3 aromatic carbocycles. The number of hydrogen-bond acceptors (Lipinski definition) is 8. The Morgan fingerprint density at radius 2 is 1.50 bits per heavy atom. The van der Waals surface area contributed by atoms with Gasteiger partial charge in [0.1, 0.15) is 17.2 Å². The lowest BCUT2D eigenvalue weighted by Gasteiger charge is -2.14. The topological polar surface area (TPSA) is 140 Å². The number of anilines is 2. The first-order chi connectivity index (χ1) is 17.9. The molecule has 0 atom stereocenters. The van der Waals surface area contributed by atoms with Gasteiger partial charge < -0.3 is 19.5 Å². The highest BCUT2D eigenvalue weighted by molar-refractivity contribution is 7.92. The minimum absolute atomic E-state index is 0.00812. The molecule has 3 aromatic rings. The van der Waals surface area contributed by atoms with E-state index in [4.69, 9.17) is 14.2 Å². The lowest BCUT2D eigenvalue weighted by Crippen LogP contribution is -2.24. The SMILES string of the molecule is COc1ccc(NS(=O)(=O)c2ccc(NC(=O)COc3ccc(CN(C)S(C)(=O)=O)cc3)cc2)c(OC)c1. The summed E-state index contributed by atoms with van der Waals surface area (Å²) in [6.07, 6.45) is 1.13. The molecular weight excluding hydrogens is 534 g/mol. The van der Waals surface area contributed by atoms with Crippen molar-refractivity contribution in [1.82, 2.24) is 4.31 Å². The minimum atomic E-state index is -3.92. The smallest absolute Gasteiger partial charge is 0.262 e. The Labute approximate surface area is 222 Å². The summed E-state index contributed by atoms with van der Waals surface area (Å²) in [6.45, 7) is -0.0596. The second kappa shape index (κ2) is 12.2.